The molecular formula is C14H18BF3O4S. The van der Waals surface area contributed by atoms with Gasteiger partial charge in [-0.3, -0.25) is 0 Å². The summed E-state index contributed by atoms with van der Waals surface area (Å²) in [4.78, 5) is -0.819. The third-order valence-corrected chi connectivity index (χ3v) is 5.86. The van der Waals surface area contributed by atoms with Gasteiger partial charge in [-0.25, -0.2) is 8.42 Å². The van der Waals surface area contributed by atoms with Gasteiger partial charge in [0.25, 0.3) is 9.84 Å². The molecule has 0 amide bonds. The summed E-state index contributed by atoms with van der Waals surface area (Å²) in [6.45, 7) is 8.87. The summed E-state index contributed by atoms with van der Waals surface area (Å²) in [6.07, 6.45) is 0. The summed E-state index contributed by atoms with van der Waals surface area (Å²) in [5.41, 5.74) is -5.85. The van der Waals surface area contributed by atoms with Crippen molar-refractivity contribution in [3.63, 3.8) is 0 Å². The molecule has 0 atom stereocenters. The van der Waals surface area contributed by atoms with Gasteiger partial charge in [0.05, 0.1) is 16.1 Å². The van der Waals surface area contributed by atoms with Gasteiger partial charge < -0.3 is 9.31 Å². The van der Waals surface area contributed by atoms with Gasteiger partial charge in [0.1, 0.15) is 0 Å². The zero-order valence-corrected chi connectivity index (χ0v) is 14.3. The highest BCUT2D eigenvalue weighted by Gasteiger charge is 2.53. The Bertz CT molecular complexity index is 710. The molecule has 1 saturated heterocycles. The first-order valence-electron chi connectivity index (χ1n) is 6.96. The first-order valence-corrected chi connectivity index (χ1v) is 8.45. The van der Waals surface area contributed by atoms with Crippen molar-refractivity contribution in [3.8, 4) is 0 Å². The van der Waals surface area contributed by atoms with E-state index in [0.29, 0.717) is 5.56 Å². The zero-order valence-electron chi connectivity index (χ0n) is 13.5. The molecule has 1 heterocycles. The van der Waals surface area contributed by atoms with E-state index < -0.39 is 38.6 Å². The standard InChI is InChI=1S/C14H18BF3O4S/c1-9-6-7-10(23(19,20)14(16,17)18)8-11(9)15-21-12(2,3)13(4,5)22-15/h6-8H,1-5H3. The second-order valence-electron chi connectivity index (χ2n) is 6.56. The molecule has 2 rings (SSSR count). The monoisotopic (exact) mass is 350 g/mol. The van der Waals surface area contributed by atoms with Gasteiger partial charge in [-0.1, -0.05) is 11.6 Å². The maximum Gasteiger partial charge on any atom is 0.501 e. The van der Waals surface area contributed by atoms with Crippen LogP contribution in [-0.2, 0) is 19.1 Å². The fourth-order valence-corrected chi connectivity index (χ4v) is 2.94. The van der Waals surface area contributed by atoms with E-state index in [4.69, 9.17) is 9.31 Å². The van der Waals surface area contributed by atoms with Gasteiger partial charge in [-0.2, -0.15) is 13.2 Å². The highest BCUT2D eigenvalue weighted by atomic mass is 32.2. The number of halogens is 3. The maximum absolute atomic E-state index is 12.7. The number of sulfone groups is 1. The van der Waals surface area contributed by atoms with Crippen LogP contribution >= 0.6 is 0 Å². The van der Waals surface area contributed by atoms with Crippen LogP contribution in [-0.4, -0.2) is 32.2 Å². The lowest BCUT2D eigenvalue weighted by Crippen LogP contribution is -2.41. The van der Waals surface area contributed by atoms with Crippen LogP contribution in [0.5, 0.6) is 0 Å². The average molecular weight is 350 g/mol. The van der Waals surface area contributed by atoms with E-state index in [2.05, 4.69) is 0 Å². The molecule has 1 aliphatic rings. The Hall–Kier alpha value is -1.06. The van der Waals surface area contributed by atoms with Crippen LogP contribution < -0.4 is 5.46 Å². The molecular weight excluding hydrogens is 332 g/mol. The molecule has 0 saturated carbocycles. The lowest BCUT2D eigenvalue weighted by Gasteiger charge is -2.32. The Balaban J connectivity index is 2.49. The van der Waals surface area contributed by atoms with Crippen LogP contribution in [0.1, 0.15) is 33.3 Å². The van der Waals surface area contributed by atoms with Crippen molar-refractivity contribution in [2.45, 2.75) is 56.2 Å². The summed E-state index contributed by atoms with van der Waals surface area (Å²) in [5.74, 6) is 0. The zero-order chi connectivity index (χ0) is 17.8. The van der Waals surface area contributed by atoms with Crippen LogP contribution in [0.4, 0.5) is 13.2 Å². The van der Waals surface area contributed by atoms with Crippen LogP contribution in [0, 0.1) is 6.92 Å². The van der Waals surface area contributed by atoms with E-state index in [1.54, 1.807) is 34.6 Å². The normalized spacial score (nSPS) is 20.8. The number of hydrogen-bond donors (Lipinski definition) is 0. The minimum Gasteiger partial charge on any atom is -0.399 e. The van der Waals surface area contributed by atoms with Crippen LogP contribution in [0.15, 0.2) is 23.1 Å². The molecule has 0 aliphatic carbocycles. The molecule has 0 radical (unpaired) electrons. The number of alkyl halides is 3. The van der Waals surface area contributed by atoms with Gasteiger partial charge in [0.2, 0.25) is 0 Å². The van der Waals surface area contributed by atoms with Gasteiger partial charge in [-0.15, -0.1) is 0 Å². The predicted molar refractivity (Wildman–Crippen MR) is 80.1 cm³/mol. The van der Waals surface area contributed by atoms with E-state index >= 15 is 0 Å². The van der Waals surface area contributed by atoms with E-state index in [-0.39, 0.29) is 5.46 Å². The van der Waals surface area contributed by atoms with Crippen LogP contribution in [0.3, 0.4) is 0 Å². The Morgan fingerprint density at radius 3 is 1.96 bits per heavy atom. The van der Waals surface area contributed by atoms with Crippen molar-refractivity contribution in [2.75, 3.05) is 0 Å². The van der Waals surface area contributed by atoms with Gasteiger partial charge in [0, 0.05) is 0 Å². The Morgan fingerprint density at radius 1 is 1.04 bits per heavy atom. The van der Waals surface area contributed by atoms with Gasteiger partial charge in [-0.05, 0) is 52.2 Å². The van der Waals surface area contributed by atoms with Gasteiger partial charge >= 0.3 is 12.6 Å². The van der Waals surface area contributed by atoms with Crippen molar-refractivity contribution < 1.29 is 30.9 Å². The molecule has 0 unspecified atom stereocenters. The predicted octanol–water partition coefficient (Wildman–Crippen LogP) is 2.59. The largest absolute Gasteiger partial charge is 0.501 e. The molecule has 0 N–H and O–H groups in total. The fourth-order valence-electron chi connectivity index (χ4n) is 2.14. The Labute approximate surface area is 134 Å². The first kappa shape index (κ1) is 18.3. The van der Waals surface area contributed by atoms with E-state index in [1.807, 2.05) is 0 Å². The third kappa shape index (κ3) is 3.01. The number of aryl methyl sites for hydroxylation is 1. The summed E-state index contributed by atoms with van der Waals surface area (Å²) in [5, 5.41) is 0. The highest BCUT2D eigenvalue weighted by Crippen LogP contribution is 2.37. The molecule has 1 aromatic carbocycles. The van der Waals surface area contributed by atoms with E-state index in [0.717, 1.165) is 12.1 Å². The number of benzene rings is 1. The maximum atomic E-state index is 12.7. The molecule has 4 nitrogen and oxygen atoms in total. The Kier molecular flexibility index (Phi) is 4.15. The topological polar surface area (TPSA) is 52.6 Å². The molecule has 0 aromatic heterocycles. The molecule has 1 aromatic rings. The van der Waals surface area contributed by atoms with Crippen LogP contribution in [0.25, 0.3) is 0 Å². The minimum atomic E-state index is -5.41. The van der Waals surface area contributed by atoms with Crippen molar-refractivity contribution in [1.29, 1.82) is 0 Å². The fraction of sp³-hybridized carbons (Fsp3) is 0.571. The Morgan fingerprint density at radius 2 is 1.52 bits per heavy atom. The molecule has 0 bridgehead atoms. The SMILES string of the molecule is Cc1ccc(S(=O)(=O)C(F)(F)F)cc1B1OC(C)(C)C(C)(C)O1. The summed E-state index contributed by atoms with van der Waals surface area (Å²) in [6, 6.07) is 3.23. The second-order valence-corrected chi connectivity index (χ2v) is 8.50. The molecule has 23 heavy (non-hydrogen) atoms. The lowest BCUT2D eigenvalue weighted by atomic mass is 9.76. The van der Waals surface area contributed by atoms with Crippen molar-refractivity contribution >= 4 is 22.4 Å². The first-order chi connectivity index (χ1) is 10.2. The van der Waals surface area contributed by atoms with Crippen molar-refractivity contribution in [3.05, 3.63) is 23.8 Å². The summed E-state index contributed by atoms with van der Waals surface area (Å²) in [7, 11) is -6.34. The summed E-state index contributed by atoms with van der Waals surface area (Å²) < 4.78 is 72.9. The van der Waals surface area contributed by atoms with Crippen LogP contribution in [0.2, 0.25) is 0 Å². The number of rotatable bonds is 2. The number of hydrogen-bond acceptors (Lipinski definition) is 4. The van der Waals surface area contributed by atoms with E-state index in [1.165, 1.54) is 6.07 Å². The van der Waals surface area contributed by atoms with Gasteiger partial charge in [0.15, 0.2) is 0 Å². The third-order valence-electron chi connectivity index (χ3n) is 4.37. The quantitative estimate of drug-likeness (QED) is 0.770. The minimum absolute atomic E-state index is 0.272. The van der Waals surface area contributed by atoms with E-state index in [9.17, 15) is 21.6 Å². The lowest BCUT2D eigenvalue weighted by molar-refractivity contribution is -0.0436. The summed E-state index contributed by atoms with van der Waals surface area (Å²) >= 11 is 0. The van der Waals surface area contributed by atoms with Crippen molar-refractivity contribution in [2.24, 2.45) is 0 Å². The molecule has 9 heteroatoms. The highest BCUT2D eigenvalue weighted by molar-refractivity contribution is 7.92. The molecule has 128 valence electrons. The molecule has 1 fully saturated rings. The van der Waals surface area contributed by atoms with Crippen molar-refractivity contribution in [1.82, 2.24) is 0 Å². The second kappa shape index (κ2) is 5.22. The average Bonchev–Trinajstić information content (AvgIpc) is 2.57. The molecule has 1 aliphatic heterocycles. The molecule has 0 spiro atoms. The smallest absolute Gasteiger partial charge is 0.399 e.